The van der Waals surface area contributed by atoms with Gasteiger partial charge in [0.15, 0.2) is 0 Å². The number of hydrogen-bond donors (Lipinski definition) is 1. The lowest BCUT2D eigenvalue weighted by molar-refractivity contribution is -0.0220. The average Bonchev–Trinajstić information content (AvgIpc) is 2.45. The van der Waals surface area contributed by atoms with E-state index >= 15 is 0 Å². The molecule has 2 rings (SSSR count). The van der Waals surface area contributed by atoms with E-state index in [0.717, 1.165) is 30.9 Å². The summed E-state index contributed by atoms with van der Waals surface area (Å²) in [6.07, 6.45) is 12.7. The van der Waals surface area contributed by atoms with E-state index in [2.05, 4.69) is 6.92 Å². The van der Waals surface area contributed by atoms with E-state index in [4.69, 9.17) is 10.5 Å². The van der Waals surface area contributed by atoms with Crippen LogP contribution in [-0.4, -0.2) is 19.3 Å². The zero-order valence-corrected chi connectivity index (χ0v) is 12.1. The Balaban J connectivity index is 1.72. The van der Waals surface area contributed by atoms with Crippen LogP contribution in [0.4, 0.5) is 0 Å². The molecule has 0 bridgehead atoms. The highest BCUT2D eigenvalue weighted by Crippen LogP contribution is 2.32. The second-order valence-corrected chi connectivity index (χ2v) is 6.44. The van der Waals surface area contributed by atoms with E-state index in [0.29, 0.717) is 6.10 Å². The second-order valence-electron chi connectivity index (χ2n) is 6.44. The fourth-order valence-electron chi connectivity index (χ4n) is 3.84. The van der Waals surface area contributed by atoms with Gasteiger partial charge in [-0.15, -0.1) is 0 Å². The minimum Gasteiger partial charge on any atom is -0.378 e. The van der Waals surface area contributed by atoms with E-state index < -0.39 is 0 Å². The van der Waals surface area contributed by atoms with Crippen molar-refractivity contribution in [2.45, 2.75) is 70.8 Å². The van der Waals surface area contributed by atoms with Crippen molar-refractivity contribution in [2.24, 2.45) is 23.5 Å². The van der Waals surface area contributed by atoms with Crippen molar-refractivity contribution in [3.8, 4) is 0 Å². The van der Waals surface area contributed by atoms with Crippen LogP contribution in [0.1, 0.15) is 64.7 Å². The molecular formula is C16H31NO. The minimum absolute atomic E-state index is 0.545. The first-order valence-corrected chi connectivity index (χ1v) is 8.15. The van der Waals surface area contributed by atoms with Gasteiger partial charge in [0.2, 0.25) is 0 Å². The standard InChI is InChI=1S/C16H31NO/c1-2-13-6-5-9-16(10-13)18-12-15-8-4-3-7-14(15)11-17/h13-16H,2-12,17H2,1H3. The van der Waals surface area contributed by atoms with Crippen LogP contribution < -0.4 is 5.73 Å². The van der Waals surface area contributed by atoms with Crippen LogP contribution in [0.25, 0.3) is 0 Å². The topological polar surface area (TPSA) is 35.2 Å². The zero-order valence-electron chi connectivity index (χ0n) is 12.1. The molecule has 2 saturated carbocycles. The summed E-state index contributed by atoms with van der Waals surface area (Å²) in [5.74, 6) is 2.38. The molecule has 0 saturated heterocycles. The van der Waals surface area contributed by atoms with Crippen LogP contribution in [0, 0.1) is 17.8 Å². The van der Waals surface area contributed by atoms with Crippen LogP contribution in [0.15, 0.2) is 0 Å². The molecule has 0 amide bonds. The summed E-state index contributed by atoms with van der Waals surface area (Å²) in [5, 5.41) is 0. The summed E-state index contributed by atoms with van der Waals surface area (Å²) in [6.45, 7) is 4.15. The fraction of sp³-hybridized carbons (Fsp3) is 1.00. The Morgan fingerprint density at radius 2 is 1.78 bits per heavy atom. The highest BCUT2D eigenvalue weighted by atomic mass is 16.5. The van der Waals surface area contributed by atoms with Gasteiger partial charge in [0.25, 0.3) is 0 Å². The largest absolute Gasteiger partial charge is 0.378 e. The minimum atomic E-state index is 0.545. The fourth-order valence-corrected chi connectivity index (χ4v) is 3.84. The van der Waals surface area contributed by atoms with Gasteiger partial charge in [-0.2, -0.15) is 0 Å². The number of rotatable bonds is 5. The van der Waals surface area contributed by atoms with Crippen molar-refractivity contribution < 1.29 is 4.74 Å². The number of ether oxygens (including phenoxy) is 1. The number of nitrogens with two attached hydrogens (primary N) is 1. The molecule has 4 atom stereocenters. The second kappa shape index (κ2) is 7.49. The van der Waals surface area contributed by atoms with Crippen LogP contribution in [-0.2, 0) is 4.74 Å². The summed E-state index contributed by atoms with van der Waals surface area (Å²) in [5.41, 5.74) is 5.89. The van der Waals surface area contributed by atoms with E-state index in [1.807, 2.05) is 0 Å². The Labute approximate surface area is 113 Å². The first-order chi connectivity index (χ1) is 8.83. The summed E-state index contributed by atoms with van der Waals surface area (Å²) in [6, 6.07) is 0. The molecule has 0 aromatic carbocycles. The quantitative estimate of drug-likeness (QED) is 0.810. The first-order valence-electron chi connectivity index (χ1n) is 8.15. The van der Waals surface area contributed by atoms with Gasteiger partial charge < -0.3 is 10.5 Å². The average molecular weight is 253 g/mol. The van der Waals surface area contributed by atoms with Crippen molar-refractivity contribution in [3.05, 3.63) is 0 Å². The van der Waals surface area contributed by atoms with Crippen molar-refractivity contribution in [1.82, 2.24) is 0 Å². The lowest BCUT2D eigenvalue weighted by atomic mass is 9.79. The molecule has 18 heavy (non-hydrogen) atoms. The Bertz CT molecular complexity index is 231. The molecule has 106 valence electrons. The molecule has 4 unspecified atom stereocenters. The van der Waals surface area contributed by atoms with Crippen molar-refractivity contribution in [3.63, 3.8) is 0 Å². The maximum absolute atomic E-state index is 6.23. The number of hydrogen-bond acceptors (Lipinski definition) is 2. The molecule has 2 fully saturated rings. The predicted molar refractivity (Wildman–Crippen MR) is 76.5 cm³/mol. The molecule has 2 N–H and O–H groups in total. The molecule has 2 aliphatic carbocycles. The van der Waals surface area contributed by atoms with Gasteiger partial charge in [-0.3, -0.25) is 0 Å². The predicted octanol–water partition coefficient (Wildman–Crippen LogP) is 3.74. The van der Waals surface area contributed by atoms with Crippen LogP contribution in [0.3, 0.4) is 0 Å². The highest BCUT2D eigenvalue weighted by molar-refractivity contribution is 4.78. The van der Waals surface area contributed by atoms with Crippen LogP contribution in [0.5, 0.6) is 0 Å². The van der Waals surface area contributed by atoms with Gasteiger partial charge in [-0.1, -0.05) is 39.0 Å². The SMILES string of the molecule is CCC1CCCC(OCC2CCCCC2CN)C1. The summed E-state index contributed by atoms with van der Waals surface area (Å²) < 4.78 is 6.23. The molecule has 2 aliphatic rings. The maximum Gasteiger partial charge on any atom is 0.0577 e. The van der Waals surface area contributed by atoms with E-state index in [1.165, 1.54) is 57.8 Å². The molecule has 0 spiro atoms. The third-order valence-corrected chi connectivity index (χ3v) is 5.23. The summed E-state index contributed by atoms with van der Waals surface area (Å²) >= 11 is 0. The van der Waals surface area contributed by atoms with Gasteiger partial charge >= 0.3 is 0 Å². The van der Waals surface area contributed by atoms with E-state index in [-0.39, 0.29) is 0 Å². The smallest absolute Gasteiger partial charge is 0.0577 e. The van der Waals surface area contributed by atoms with Crippen LogP contribution in [0.2, 0.25) is 0 Å². The first kappa shape index (κ1) is 14.3. The van der Waals surface area contributed by atoms with Gasteiger partial charge in [0.1, 0.15) is 0 Å². The maximum atomic E-state index is 6.23. The molecule has 2 nitrogen and oxygen atoms in total. The molecule has 0 aliphatic heterocycles. The van der Waals surface area contributed by atoms with Gasteiger partial charge in [-0.25, -0.2) is 0 Å². The molecular weight excluding hydrogens is 222 g/mol. The van der Waals surface area contributed by atoms with Crippen molar-refractivity contribution in [2.75, 3.05) is 13.2 Å². The molecule has 0 aromatic heterocycles. The Morgan fingerprint density at radius 3 is 2.50 bits per heavy atom. The van der Waals surface area contributed by atoms with Gasteiger partial charge in [-0.05, 0) is 50.0 Å². The molecule has 2 heteroatoms. The molecule has 0 heterocycles. The Morgan fingerprint density at radius 1 is 1.00 bits per heavy atom. The normalized spacial score (nSPS) is 37.7. The highest BCUT2D eigenvalue weighted by Gasteiger charge is 2.27. The Hall–Kier alpha value is -0.0800. The molecule has 0 radical (unpaired) electrons. The van der Waals surface area contributed by atoms with E-state index in [1.54, 1.807) is 0 Å². The molecule has 0 aromatic rings. The van der Waals surface area contributed by atoms with E-state index in [9.17, 15) is 0 Å². The summed E-state index contributed by atoms with van der Waals surface area (Å²) in [7, 11) is 0. The third kappa shape index (κ3) is 3.96. The third-order valence-electron chi connectivity index (χ3n) is 5.23. The lowest BCUT2D eigenvalue weighted by Crippen LogP contribution is -2.32. The van der Waals surface area contributed by atoms with Crippen molar-refractivity contribution in [1.29, 1.82) is 0 Å². The lowest BCUT2D eigenvalue weighted by Gasteiger charge is -2.34. The van der Waals surface area contributed by atoms with Gasteiger partial charge in [0.05, 0.1) is 12.7 Å². The zero-order chi connectivity index (χ0) is 12.8. The Kier molecular flexibility index (Phi) is 5.97. The van der Waals surface area contributed by atoms with Gasteiger partial charge in [0, 0.05) is 0 Å². The monoisotopic (exact) mass is 253 g/mol. The summed E-state index contributed by atoms with van der Waals surface area (Å²) in [4.78, 5) is 0. The van der Waals surface area contributed by atoms with Crippen LogP contribution >= 0.6 is 0 Å². The van der Waals surface area contributed by atoms with Crippen molar-refractivity contribution >= 4 is 0 Å².